The van der Waals surface area contributed by atoms with Crippen LogP contribution in [0.15, 0.2) is 60.2 Å². The molecule has 0 radical (unpaired) electrons. The summed E-state index contributed by atoms with van der Waals surface area (Å²) in [6, 6.07) is 11.1. The van der Waals surface area contributed by atoms with Crippen LogP contribution >= 0.6 is 11.6 Å². The Balaban J connectivity index is 1.69. The molecule has 1 amide bonds. The van der Waals surface area contributed by atoms with Gasteiger partial charge in [0, 0.05) is 34.5 Å². The average molecular weight is 357 g/mol. The average Bonchev–Trinajstić information content (AvgIpc) is 2.59. The highest BCUT2D eigenvalue weighted by molar-refractivity contribution is 6.30. The molecule has 3 rings (SSSR count). The first-order valence-corrected chi connectivity index (χ1v) is 7.75. The van der Waals surface area contributed by atoms with Gasteiger partial charge >= 0.3 is 0 Å². The Hall–Kier alpha value is -3.12. The van der Waals surface area contributed by atoms with Gasteiger partial charge in [0.2, 0.25) is 5.91 Å². The summed E-state index contributed by atoms with van der Waals surface area (Å²) < 4.78 is 5.60. The van der Waals surface area contributed by atoms with Crippen molar-refractivity contribution in [1.82, 2.24) is 0 Å². The maximum absolute atomic E-state index is 12.0. The topological polar surface area (TPSA) is 81.5 Å². The zero-order valence-corrected chi connectivity index (χ0v) is 13.7. The van der Waals surface area contributed by atoms with Crippen molar-refractivity contribution in [3.63, 3.8) is 0 Å². The Labute approximate surface area is 148 Å². The number of rotatable bonds is 4. The lowest BCUT2D eigenvalue weighted by Crippen LogP contribution is -2.10. The fourth-order valence-corrected chi connectivity index (χ4v) is 2.51. The van der Waals surface area contributed by atoms with Gasteiger partial charge in [0.15, 0.2) is 0 Å². The third-order valence-corrected chi connectivity index (χ3v) is 3.72. The van der Waals surface area contributed by atoms with Gasteiger partial charge in [0.05, 0.1) is 4.92 Å². The lowest BCUT2D eigenvalue weighted by atomic mass is 10.1. The summed E-state index contributed by atoms with van der Waals surface area (Å²) in [4.78, 5) is 22.2. The number of amides is 1. The molecule has 2 aromatic rings. The second-order valence-corrected chi connectivity index (χ2v) is 5.76. The van der Waals surface area contributed by atoms with Crippen LogP contribution in [0.2, 0.25) is 5.02 Å². The molecule has 7 heteroatoms. The molecule has 0 atom stereocenters. The van der Waals surface area contributed by atoms with E-state index in [0.717, 1.165) is 16.9 Å². The Morgan fingerprint density at radius 3 is 2.92 bits per heavy atom. The Kier molecular flexibility index (Phi) is 4.81. The minimum absolute atomic E-state index is 0.0846. The zero-order valence-electron chi connectivity index (χ0n) is 12.9. The van der Waals surface area contributed by atoms with Crippen molar-refractivity contribution in [2.75, 3.05) is 11.9 Å². The largest absolute Gasteiger partial charge is 0.488 e. The summed E-state index contributed by atoms with van der Waals surface area (Å²) in [6.07, 6.45) is 4.88. The monoisotopic (exact) mass is 356 g/mol. The second kappa shape index (κ2) is 7.19. The van der Waals surface area contributed by atoms with Crippen LogP contribution in [0, 0.1) is 10.1 Å². The summed E-state index contributed by atoms with van der Waals surface area (Å²) >= 11 is 5.96. The molecule has 0 unspecified atom stereocenters. The molecule has 126 valence electrons. The number of nitro groups is 1. The number of nitro benzene ring substituents is 1. The van der Waals surface area contributed by atoms with Crippen LogP contribution in [0.25, 0.3) is 6.08 Å². The smallest absolute Gasteiger partial charge is 0.271 e. The van der Waals surface area contributed by atoms with Gasteiger partial charge in [0.1, 0.15) is 12.4 Å². The van der Waals surface area contributed by atoms with Gasteiger partial charge in [-0.3, -0.25) is 14.9 Å². The van der Waals surface area contributed by atoms with E-state index in [1.807, 2.05) is 6.08 Å². The van der Waals surface area contributed by atoms with Crippen LogP contribution < -0.4 is 10.1 Å². The van der Waals surface area contributed by atoms with Crippen molar-refractivity contribution in [3.8, 4) is 5.75 Å². The fraction of sp³-hybridized carbons (Fsp3) is 0.0556. The first-order chi connectivity index (χ1) is 12.0. The van der Waals surface area contributed by atoms with Gasteiger partial charge in [-0.25, -0.2) is 0 Å². The summed E-state index contributed by atoms with van der Waals surface area (Å²) in [7, 11) is 0. The molecule has 0 saturated heterocycles. The number of non-ortho nitro benzene ring substituents is 1. The van der Waals surface area contributed by atoms with E-state index in [-0.39, 0.29) is 5.69 Å². The van der Waals surface area contributed by atoms with Gasteiger partial charge in [0.25, 0.3) is 5.69 Å². The third-order valence-electron chi connectivity index (χ3n) is 3.48. The van der Waals surface area contributed by atoms with E-state index < -0.39 is 10.8 Å². The first-order valence-electron chi connectivity index (χ1n) is 7.38. The van der Waals surface area contributed by atoms with Gasteiger partial charge in [-0.05, 0) is 35.9 Å². The number of carbonyl (C=O) groups excluding carboxylic acids is 1. The van der Waals surface area contributed by atoms with Crippen molar-refractivity contribution >= 4 is 35.0 Å². The van der Waals surface area contributed by atoms with E-state index in [9.17, 15) is 14.9 Å². The molecule has 6 nitrogen and oxygen atoms in total. The van der Waals surface area contributed by atoms with E-state index in [2.05, 4.69) is 5.32 Å². The van der Waals surface area contributed by atoms with Crippen LogP contribution in [-0.2, 0) is 4.79 Å². The third kappa shape index (κ3) is 4.24. The summed E-state index contributed by atoms with van der Waals surface area (Å²) in [6.45, 7) is 0.342. The summed E-state index contributed by atoms with van der Waals surface area (Å²) in [5.41, 5.74) is 1.93. The molecule has 0 aliphatic carbocycles. The van der Waals surface area contributed by atoms with E-state index >= 15 is 0 Å². The predicted octanol–water partition coefficient (Wildman–Crippen LogP) is 4.22. The molecule has 0 aromatic heterocycles. The highest BCUT2D eigenvalue weighted by atomic mass is 35.5. The number of benzene rings is 2. The molecule has 0 spiro atoms. The molecular weight excluding hydrogens is 344 g/mol. The summed E-state index contributed by atoms with van der Waals surface area (Å²) in [5, 5.41) is 13.9. The van der Waals surface area contributed by atoms with Crippen molar-refractivity contribution in [2.24, 2.45) is 0 Å². The van der Waals surface area contributed by atoms with Crippen LogP contribution in [-0.4, -0.2) is 17.4 Å². The van der Waals surface area contributed by atoms with Gasteiger partial charge in [-0.2, -0.15) is 0 Å². The van der Waals surface area contributed by atoms with Crippen molar-refractivity contribution in [2.45, 2.75) is 0 Å². The molecule has 25 heavy (non-hydrogen) atoms. The highest BCUT2D eigenvalue weighted by Crippen LogP contribution is 2.29. The number of fused-ring (bicyclic) bond motifs is 1. The molecule has 0 saturated carbocycles. The minimum Gasteiger partial charge on any atom is -0.488 e. The maximum atomic E-state index is 12.0. The van der Waals surface area contributed by atoms with E-state index in [0.29, 0.717) is 17.3 Å². The van der Waals surface area contributed by atoms with Crippen molar-refractivity contribution < 1.29 is 14.5 Å². The highest BCUT2D eigenvalue weighted by Gasteiger charge is 2.11. The van der Waals surface area contributed by atoms with Gasteiger partial charge < -0.3 is 10.1 Å². The quantitative estimate of drug-likeness (QED) is 0.505. The van der Waals surface area contributed by atoms with E-state index in [1.165, 1.54) is 24.3 Å². The number of carbonyl (C=O) groups is 1. The summed E-state index contributed by atoms with van der Waals surface area (Å²) in [5.74, 6) is 0.348. The van der Waals surface area contributed by atoms with Crippen LogP contribution in [0.3, 0.4) is 0 Å². The van der Waals surface area contributed by atoms with Crippen LogP contribution in [0.5, 0.6) is 5.75 Å². The Bertz CT molecular complexity index is 906. The lowest BCUT2D eigenvalue weighted by Gasteiger charge is -2.16. The van der Waals surface area contributed by atoms with Gasteiger partial charge in [-0.15, -0.1) is 0 Å². The molecule has 1 aliphatic heterocycles. The first kappa shape index (κ1) is 16.7. The second-order valence-electron chi connectivity index (χ2n) is 5.32. The number of nitrogens with one attached hydrogen (secondary N) is 1. The Morgan fingerprint density at radius 1 is 1.28 bits per heavy atom. The fourth-order valence-electron chi connectivity index (χ4n) is 2.33. The standard InChI is InChI=1S/C18H13ClN2O4/c19-14-5-6-17-13(9-14)8-12(11-25-17)4-7-18(22)20-15-2-1-3-16(10-15)21(23)24/h1-10H,11H2,(H,20,22)/b7-4+. The minimum atomic E-state index is -0.516. The number of hydrogen-bond acceptors (Lipinski definition) is 4. The van der Waals surface area contributed by atoms with Crippen LogP contribution in [0.4, 0.5) is 11.4 Å². The molecule has 0 bridgehead atoms. The zero-order chi connectivity index (χ0) is 17.8. The molecule has 0 fully saturated rings. The van der Waals surface area contributed by atoms with E-state index in [4.69, 9.17) is 16.3 Å². The molecule has 1 N–H and O–H groups in total. The van der Waals surface area contributed by atoms with Crippen molar-refractivity contribution in [1.29, 1.82) is 0 Å². The number of ether oxygens (including phenoxy) is 1. The molecule has 1 aliphatic rings. The van der Waals surface area contributed by atoms with Crippen LogP contribution in [0.1, 0.15) is 5.56 Å². The number of nitrogens with zero attached hydrogens (tertiary/aromatic N) is 1. The molecule has 1 heterocycles. The molecule has 2 aromatic carbocycles. The SMILES string of the molecule is O=C(/C=C/C1=Cc2cc(Cl)ccc2OC1)Nc1cccc([N+](=O)[O-])c1. The Morgan fingerprint density at radius 2 is 2.12 bits per heavy atom. The van der Waals surface area contributed by atoms with Crippen molar-refractivity contribution in [3.05, 3.63) is 80.9 Å². The number of hydrogen-bond donors (Lipinski definition) is 1. The number of anilines is 1. The molecular formula is C18H13ClN2O4. The lowest BCUT2D eigenvalue weighted by molar-refractivity contribution is -0.384. The van der Waals surface area contributed by atoms with E-state index in [1.54, 1.807) is 30.3 Å². The normalized spacial score (nSPS) is 12.9. The predicted molar refractivity (Wildman–Crippen MR) is 95.8 cm³/mol. The maximum Gasteiger partial charge on any atom is 0.271 e. The number of halogens is 1. The van der Waals surface area contributed by atoms with Gasteiger partial charge in [-0.1, -0.05) is 23.7 Å².